The van der Waals surface area contributed by atoms with Crippen LogP contribution in [0.5, 0.6) is 22.4 Å². The summed E-state index contributed by atoms with van der Waals surface area (Å²) in [6, 6.07) is 12.3. The Bertz CT molecular complexity index is 1140. The Morgan fingerprint density at radius 3 is 2.88 bits per heavy atom. The van der Waals surface area contributed by atoms with Crippen molar-refractivity contribution in [2.24, 2.45) is 5.92 Å². The first-order valence-corrected chi connectivity index (χ1v) is 11.9. The molecule has 0 radical (unpaired) electrons. The van der Waals surface area contributed by atoms with Gasteiger partial charge in [-0.05, 0) is 62.1 Å². The number of carbonyl (C=O) groups excluding carboxylic acids is 1. The van der Waals surface area contributed by atoms with Crippen molar-refractivity contribution in [3.8, 4) is 22.4 Å². The van der Waals surface area contributed by atoms with Crippen LogP contribution in [0.1, 0.15) is 35.0 Å². The molecular weight excluding hydrogens is 460 g/mol. The lowest BCUT2D eigenvalue weighted by molar-refractivity contribution is 0.0946. The average Bonchev–Trinajstić information content (AvgIpc) is 3.55. The van der Waals surface area contributed by atoms with E-state index >= 15 is 0 Å². The van der Waals surface area contributed by atoms with E-state index in [0.29, 0.717) is 33.2 Å². The monoisotopic (exact) mass is 484 g/mol. The first-order valence-electron chi connectivity index (χ1n) is 10.7. The molecule has 0 spiro atoms. The third-order valence-electron chi connectivity index (χ3n) is 5.03. The van der Waals surface area contributed by atoms with Gasteiger partial charge in [0.2, 0.25) is 0 Å². The molecule has 0 aliphatic heterocycles. The summed E-state index contributed by atoms with van der Waals surface area (Å²) in [5, 5.41) is 3.90. The number of hydrogen-bond acceptors (Lipinski definition) is 6. The van der Waals surface area contributed by atoms with E-state index in [-0.39, 0.29) is 11.9 Å². The molecular formula is C25H25ClN2O4S. The van der Waals surface area contributed by atoms with Gasteiger partial charge in [-0.1, -0.05) is 35.1 Å². The van der Waals surface area contributed by atoms with Crippen LogP contribution in [-0.4, -0.2) is 30.6 Å². The fourth-order valence-corrected chi connectivity index (χ4v) is 3.88. The number of benzene rings is 2. The van der Waals surface area contributed by atoms with Crippen molar-refractivity contribution in [2.75, 3.05) is 13.7 Å². The Hall–Kier alpha value is -3.03. The number of hydrogen-bond donors (Lipinski definition) is 1. The summed E-state index contributed by atoms with van der Waals surface area (Å²) in [5.74, 6) is 2.42. The first-order chi connectivity index (χ1) is 16.0. The van der Waals surface area contributed by atoms with E-state index in [2.05, 4.69) is 10.3 Å². The van der Waals surface area contributed by atoms with Crippen LogP contribution in [0.4, 0.5) is 0 Å². The van der Waals surface area contributed by atoms with Crippen molar-refractivity contribution in [3.63, 3.8) is 0 Å². The second kappa shape index (κ2) is 10.7. The predicted molar refractivity (Wildman–Crippen MR) is 131 cm³/mol. The lowest BCUT2D eigenvalue weighted by atomic mass is 10.2. The van der Waals surface area contributed by atoms with Crippen LogP contribution < -0.4 is 19.5 Å². The highest BCUT2D eigenvalue weighted by Crippen LogP contribution is 2.35. The zero-order valence-corrected chi connectivity index (χ0v) is 20.0. The van der Waals surface area contributed by atoms with Gasteiger partial charge < -0.3 is 19.5 Å². The standard InChI is InChI=1S/C25H25ClN2O4S/c1-16(28-24(29)18-4-3-5-19(12-18)30-2)6-10-21-14-27-25(33-21)32-23-11-9-20(13-22(23)26)31-15-17-7-8-17/h3-6,9-14,16-17H,7-8,15H2,1-2H3,(H,28,29)/t16-/m0/s1. The lowest BCUT2D eigenvalue weighted by Gasteiger charge is -2.10. The summed E-state index contributed by atoms with van der Waals surface area (Å²) in [5.41, 5.74) is 0.545. The summed E-state index contributed by atoms with van der Waals surface area (Å²) < 4.78 is 16.8. The predicted octanol–water partition coefficient (Wildman–Crippen LogP) is 6.22. The minimum atomic E-state index is -0.173. The SMILES string of the molecule is COc1cccc(C(=O)N[C@@H](C)C=Cc2cnc(Oc3ccc(OCC4CC4)cc3Cl)s2)c1. The fraction of sp³-hybridized carbons (Fsp3) is 0.280. The van der Waals surface area contributed by atoms with Crippen molar-refractivity contribution in [1.29, 1.82) is 0 Å². The van der Waals surface area contributed by atoms with Gasteiger partial charge in [0, 0.05) is 23.9 Å². The molecule has 1 aromatic heterocycles. The summed E-state index contributed by atoms with van der Waals surface area (Å²) in [7, 11) is 1.57. The topological polar surface area (TPSA) is 69.7 Å². The van der Waals surface area contributed by atoms with Crippen molar-refractivity contribution >= 4 is 34.9 Å². The van der Waals surface area contributed by atoms with E-state index in [1.807, 2.05) is 25.1 Å². The third kappa shape index (κ3) is 6.73. The maximum absolute atomic E-state index is 12.4. The highest BCUT2D eigenvalue weighted by molar-refractivity contribution is 7.14. The number of rotatable bonds is 10. The lowest BCUT2D eigenvalue weighted by Crippen LogP contribution is -2.30. The largest absolute Gasteiger partial charge is 0.497 e. The normalized spacial score (nSPS) is 14.2. The smallest absolute Gasteiger partial charge is 0.279 e. The molecule has 172 valence electrons. The number of nitrogens with one attached hydrogen (secondary N) is 1. The van der Waals surface area contributed by atoms with Crippen molar-refractivity contribution in [1.82, 2.24) is 10.3 Å². The van der Waals surface area contributed by atoms with Gasteiger partial charge in [0.25, 0.3) is 11.1 Å². The van der Waals surface area contributed by atoms with Crippen molar-refractivity contribution < 1.29 is 19.0 Å². The number of halogens is 1. The number of carbonyl (C=O) groups is 1. The molecule has 1 saturated carbocycles. The molecule has 6 nitrogen and oxygen atoms in total. The zero-order chi connectivity index (χ0) is 23.2. The molecule has 33 heavy (non-hydrogen) atoms. The number of nitrogens with zero attached hydrogens (tertiary/aromatic N) is 1. The molecule has 3 aromatic rings. The molecule has 1 atom stereocenters. The van der Waals surface area contributed by atoms with E-state index < -0.39 is 0 Å². The molecule has 1 amide bonds. The Kier molecular flexibility index (Phi) is 7.52. The highest BCUT2D eigenvalue weighted by atomic mass is 35.5. The summed E-state index contributed by atoms with van der Waals surface area (Å²) in [4.78, 5) is 17.6. The quantitative estimate of drug-likeness (QED) is 0.370. The molecule has 1 aliphatic carbocycles. The van der Waals surface area contributed by atoms with Gasteiger partial charge in [-0.2, -0.15) is 0 Å². The molecule has 1 heterocycles. The third-order valence-corrected chi connectivity index (χ3v) is 6.16. The summed E-state index contributed by atoms with van der Waals surface area (Å²) in [6.45, 7) is 2.64. The number of thiazole rings is 1. The Balaban J connectivity index is 1.30. The van der Waals surface area contributed by atoms with Crippen molar-refractivity contribution in [3.05, 3.63) is 70.2 Å². The van der Waals surface area contributed by atoms with Crippen LogP contribution in [-0.2, 0) is 0 Å². The molecule has 1 fully saturated rings. The molecule has 8 heteroatoms. The minimum absolute atomic E-state index is 0.168. The van der Waals surface area contributed by atoms with Gasteiger partial charge in [0.15, 0.2) is 0 Å². The molecule has 4 rings (SSSR count). The van der Waals surface area contributed by atoms with Crippen LogP contribution in [0.2, 0.25) is 5.02 Å². The fourth-order valence-electron chi connectivity index (χ4n) is 2.98. The zero-order valence-electron chi connectivity index (χ0n) is 18.4. The van der Waals surface area contributed by atoms with Crippen molar-refractivity contribution in [2.45, 2.75) is 25.8 Å². The molecule has 0 unspecified atom stereocenters. The van der Waals surface area contributed by atoms with Crippen LogP contribution in [0, 0.1) is 5.92 Å². The number of aromatic nitrogens is 1. The summed E-state index contributed by atoms with van der Waals surface area (Å²) in [6.07, 6.45) is 7.99. The highest BCUT2D eigenvalue weighted by Gasteiger charge is 2.22. The molecule has 2 aromatic carbocycles. The average molecular weight is 485 g/mol. The molecule has 1 aliphatic rings. The molecule has 1 N–H and O–H groups in total. The molecule has 0 bridgehead atoms. The van der Waals surface area contributed by atoms with Crippen LogP contribution >= 0.6 is 22.9 Å². The van der Waals surface area contributed by atoms with Crippen LogP contribution in [0.3, 0.4) is 0 Å². The van der Waals surface area contributed by atoms with Gasteiger partial charge in [-0.3, -0.25) is 4.79 Å². The Morgan fingerprint density at radius 2 is 2.12 bits per heavy atom. The van der Waals surface area contributed by atoms with Crippen LogP contribution in [0.25, 0.3) is 6.08 Å². The number of amides is 1. The van der Waals surface area contributed by atoms with Gasteiger partial charge in [0.05, 0.1) is 23.6 Å². The molecule has 0 saturated heterocycles. The minimum Gasteiger partial charge on any atom is -0.497 e. The van der Waals surface area contributed by atoms with E-state index in [1.54, 1.807) is 49.7 Å². The van der Waals surface area contributed by atoms with E-state index in [9.17, 15) is 4.79 Å². The van der Waals surface area contributed by atoms with Crippen LogP contribution in [0.15, 0.2) is 54.7 Å². The van der Waals surface area contributed by atoms with E-state index in [1.165, 1.54) is 24.2 Å². The maximum atomic E-state index is 12.4. The van der Waals surface area contributed by atoms with Gasteiger partial charge in [-0.15, -0.1) is 0 Å². The second-order valence-electron chi connectivity index (χ2n) is 7.83. The second-order valence-corrected chi connectivity index (χ2v) is 9.26. The van der Waals surface area contributed by atoms with E-state index in [0.717, 1.165) is 17.2 Å². The maximum Gasteiger partial charge on any atom is 0.279 e. The summed E-state index contributed by atoms with van der Waals surface area (Å²) >= 11 is 7.73. The number of ether oxygens (including phenoxy) is 3. The van der Waals surface area contributed by atoms with E-state index in [4.69, 9.17) is 25.8 Å². The Labute approximate surface area is 202 Å². The Morgan fingerprint density at radius 1 is 1.27 bits per heavy atom. The van der Waals surface area contributed by atoms with Gasteiger partial charge >= 0.3 is 0 Å². The van der Waals surface area contributed by atoms with Gasteiger partial charge in [0.1, 0.15) is 17.2 Å². The first kappa shape index (κ1) is 23.1. The van der Waals surface area contributed by atoms with Gasteiger partial charge in [-0.25, -0.2) is 4.98 Å². The number of methoxy groups -OCH3 is 1.